The fourth-order valence-corrected chi connectivity index (χ4v) is 3.89. The van der Waals surface area contributed by atoms with Crippen molar-refractivity contribution in [2.45, 2.75) is 32.4 Å². The lowest BCUT2D eigenvalue weighted by Gasteiger charge is -2.39. The molecule has 0 amide bonds. The fourth-order valence-electron chi connectivity index (χ4n) is 3.11. The van der Waals surface area contributed by atoms with E-state index in [9.17, 15) is 0 Å². The van der Waals surface area contributed by atoms with Gasteiger partial charge in [-0.15, -0.1) is 11.3 Å². The zero-order valence-electron chi connectivity index (χ0n) is 12.4. The van der Waals surface area contributed by atoms with Gasteiger partial charge in [0.15, 0.2) is 0 Å². The van der Waals surface area contributed by atoms with Crippen LogP contribution < -0.4 is 5.73 Å². The average molecular weight is 302 g/mol. The minimum Gasteiger partial charge on any atom is -0.329 e. The van der Waals surface area contributed by atoms with E-state index in [-0.39, 0.29) is 0 Å². The molecule has 0 aliphatic carbocycles. The number of thiazole rings is 1. The SMILES string of the molecule is CC1CCCN(Cc2csc(-c3ccccn3)n2)C1CN. The number of aromatic nitrogens is 2. The Morgan fingerprint density at radius 1 is 1.43 bits per heavy atom. The monoisotopic (exact) mass is 302 g/mol. The Morgan fingerprint density at radius 2 is 2.33 bits per heavy atom. The van der Waals surface area contributed by atoms with E-state index < -0.39 is 0 Å². The van der Waals surface area contributed by atoms with Gasteiger partial charge < -0.3 is 5.73 Å². The molecule has 0 bridgehead atoms. The number of piperidine rings is 1. The topological polar surface area (TPSA) is 55.0 Å². The van der Waals surface area contributed by atoms with Crippen molar-refractivity contribution in [3.63, 3.8) is 0 Å². The van der Waals surface area contributed by atoms with Crippen molar-refractivity contribution in [3.8, 4) is 10.7 Å². The van der Waals surface area contributed by atoms with Gasteiger partial charge in [0.05, 0.1) is 11.4 Å². The Labute approximate surface area is 130 Å². The van der Waals surface area contributed by atoms with Gasteiger partial charge in [0.2, 0.25) is 0 Å². The molecular weight excluding hydrogens is 280 g/mol. The summed E-state index contributed by atoms with van der Waals surface area (Å²) in [5.74, 6) is 0.678. The molecule has 2 atom stereocenters. The second-order valence-electron chi connectivity index (χ2n) is 5.75. The first kappa shape index (κ1) is 14.6. The van der Waals surface area contributed by atoms with Crippen LogP contribution in [-0.4, -0.2) is 34.0 Å². The maximum absolute atomic E-state index is 5.96. The quantitative estimate of drug-likeness (QED) is 0.943. The highest BCUT2D eigenvalue weighted by atomic mass is 32.1. The largest absolute Gasteiger partial charge is 0.329 e. The van der Waals surface area contributed by atoms with Gasteiger partial charge in [0, 0.05) is 30.7 Å². The maximum Gasteiger partial charge on any atom is 0.142 e. The van der Waals surface area contributed by atoms with Gasteiger partial charge in [-0.05, 0) is 37.4 Å². The number of rotatable bonds is 4. The predicted molar refractivity (Wildman–Crippen MR) is 87.0 cm³/mol. The summed E-state index contributed by atoms with van der Waals surface area (Å²) < 4.78 is 0. The Hall–Kier alpha value is -1.30. The molecule has 3 heterocycles. The molecule has 21 heavy (non-hydrogen) atoms. The highest BCUT2D eigenvalue weighted by Crippen LogP contribution is 2.26. The number of nitrogens with two attached hydrogens (primary N) is 1. The number of hydrogen-bond donors (Lipinski definition) is 1. The standard InChI is InChI=1S/C16H22N4S/c1-12-5-4-8-20(15(12)9-17)10-13-11-21-16(19-13)14-6-2-3-7-18-14/h2-3,6-7,11-12,15H,4-5,8-10,17H2,1H3. The van der Waals surface area contributed by atoms with Crippen LogP contribution in [0.4, 0.5) is 0 Å². The van der Waals surface area contributed by atoms with Gasteiger partial charge in [-0.25, -0.2) is 4.98 Å². The first-order valence-corrected chi connectivity index (χ1v) is 8.46. The first-order chi connectivity index (χ1) is 10.3. The van der Waals surface area contributed by atoms with Crippen LogP contribution in [0.3, 0.4) is 0 Å². The molecule has 1 aliphatic rings. The van der Waals surface area contributed by atoms with Crippen LogP contribution in [0.1, 0.15) is 25.5 Å². The second kappa shape index (κ2) is 6.64. The van der Waals surface area contributed by atoms with Crippen LogP contribution >= 0.6 is 11.3 Å². The van der Waals surface area contributed by atoms with E-state index in [2.05, 4.69) is 22.2 Å². The summed E-state index contributed by atoms with van der Waals surface area (Å²) in [6.45, 7) is 5.07. The van der Waals surface area contributed by atoms with E-state index in [0.29, 0.717) is 12.0 Å². The van der Waals surface area contributed by atoms with Gasteiger partial charge in [-0.3, -0.25) is 9.88 Å². The van der Waals surface area contributed by atoms with Crippen LogP contribution in [0, 0.1) is 5.92 Å². The van der Waals surface area contributed by atoms with Crippen molar-refractivity contribution in [2.75, 3.05) is 13.1 Å². The Balaban J connectivity index is 1.72. The van der Waals surface area contributed by atoms with Crippen LogP contribution in [0.5, 0.6) is 0 Å². The molecule has 2 aromatic rings. The van der Waals surface area contributed by atoms with Gasteiger partial charge in [-0.2, -0.15) is 0 Å². The predicted octanol–water partition coefficient (Wildman–Crippen LogP) is 2.76. The van der Waals surface area contributed by atoms with E-state index >= 15 is 0 Å². The number of nitrogens with zero attached hydrogens (tertiary/aromatic N) is 3. The molecule has 1 fully saturated rings. The minimum absolute atomic E-state index is 0.485. The molecule has 5 heteroatoms. The summed E-state index contributed by atoms with van der Waals surface area (Å²) in [5.41, 5.74) is 8.05. The van der Waals surface area contributed by atoms with Gasteiger partial charge in [0.25, 0.3) is 0 Å². The smallest absolute Gasteiger partial charge is 0.142 e. The van der Waals surface area contributed by atoms with E-state index in [1.54, 1.807) is 11.3 Å². The summed E-state index contributed by atoms with van der Waals surface area (Å²) in [5, 5.41) is 3.15. The van der Waals surface area contributed by atoms with E-state index in [4.69, 9.17) is 10.7 Å². The van der Waals surface area contributed by atoms with Gasteiger partial charge in [-0.1, -0.05) is 13.0 Å². The van der Waals surface area contributed by atoms with Crippen molar-refractivity contribution in [1.82, 2.24) is 14.9 Å². The molecular formula is C16H22N4S. The average Bonchev–Trinajstić information content (AvgIpc) is 2.97. The molecule has 2 aromatic heterocycles. The summed E-state index contributed by atoms with van der Waals surface area (Å²) in [6.07, 6.45) is 4.36. The minimum atomic E-state index is 0.485. The first-order valence-electron chi connectivity index (χ1n) is 7.58. The van der Waals surface area contributed by atoms with E-state index in [1.807, 2.05) is 24.4 Å². The van der Waals surface area contributed by atoms with Crippen LogP contribution in [-0.2, 0) is 6.54 Å². The molecule has 2 N–H and O–H groups in total. The lowest BCUT2D eigenvalue weighted by atomic mass is 9.91. The molecule has 1 saturated heterocycles. The molecule has 0 saturated carbocycles. The highest BCUT2D eigenvalue weighted by Gasteiger charge is 2.27. The Bertz CT molecular complexity index is 569. The van der Waals surface area contributed by atoms with Crippen LogP contribution in [0.15, 0.2) is 29.8 Å². The van der Waals surface area contributed by atoms with E-state index in [0.717, 1.165) is 36.0 Å². The zero-order valence-corrected chi connectivity index (χ0v) is 13.2. The third-order valence-corrected chi connectivity index (χ3v) is 5.19. The lowest BCUT2D eigenvalue weighted by Crippen LogP contribution is -2.48. The molecule has 2 unspecified atom stereocenters. The number of likely N-dealkylation sites (tertiary alicyclic amines) is 1. The molecule has 3 rings (SSSR count). The molecule has 4 nitrogen and oxygen atoms in total. The molecule has 0 aromatic carbocycles. The molecule has 0 spiro atoms. The van der Waals surface area contributed by atoms with Crippen LogP contribution in [0.2, 0.25) is 0 Å². The molecule has 1 aliphatic heterocycles. The Kier molecular flexibility index (Phi) is 4.63. The maximum atomic E-state index is 5.96. The summed E-state index contributed by atoms with van der Waals surface area (Å²) in [7, 11) is 0. The van der Waals surface area contributed by atoms with Crippen LogP contribution in [0.25, 0.3) is 10.7 Å². The fraction of sp³-hybridized carbons (Fsp3) is 0.500. The van der Waals surface area contributed by atoms with Crippen molar-refractivity contribution < 1.29 is 0 Å². The van der Waals surface area contributed by atoms with Crippen molar-refractivity contribution >= 4 is 11.3 Å². The highest BCUT2D eigenvalue weighted by molar-refractivity contribution is 7.13. The third-order valence-electron chi connectivity index (χ3n) is 4.27. The van der Waals surface area contributed by atoms with Crippen molar-refractivity contribution in [3.05, 3.63) is 35.5 Å². The van der Waals surface area contributed by atoms with Gasteiger partial charge in [0.1, 0.15) is 5.01 Å². The number of pyridine rings is 1. The van der Waals surface area contributed by atoms with Crippen molar-refractivity contribution in [1.29, 1.82) is 0 Å². The third kappa shape index (κ3) is 3.31. The Morgan fingerprint density at radius 3 is 3.10 bits per heavy atom. The summed E-state index contributed by atoms with van der Waals surface area (Å²) in [6, 6.07) is 6.42. The number of hydrogen-bond acceptors (Lipinski definition) is 5. The van der Waals surface area contributed by atoms with Gasteiger partial charge >= 0.3 is 0 Å². The zero-order chi connectivity index (χ0) is 14.7. The van der Waals surface area contributed by atoms with Crippen molar-refractivity contribution in [2.24, 2.45) is 11.7 Å². The molecule has 0 radical (unpaired) electrons. The molecule has 112 valence electrons. The second-order valence-corrected chi connectivity index (χ2v) is 6.61. The normalized spacial score (nSPS) is 23.3. The summed E-state index contributed by atoms with van der Waals surface area (Å²) >= 11 is 1.67. The summed E-state index contributed by atoms with van der Waals surface area (Å²) in [4.78, 5) is 11.6. The van der Waals surface area contributed by atoms with E-state index in [1.165, 1.54) is 12.8 Å². The lowest BCUT2D eigenvalue weighted by molar-refractivity contribution is 0.0980.